The molecule has 3 nitrogen and oxygen atoms in total. The average molecular weight is 327 g/mol. The van der Waals surface area contributed by atoms with Crippen molar-refractivity contribution in [2.75, 3.05) is 17.6 Å². The van der Waals surface area contributed by atoms with Crippen LogP contribution < -0.4 is 11.1 Å². The summed E-state index contributed by atoms with van der Waals surface area (Å²) in [6, 6.07) is 9.69. The van der Waals surface area contributed by atoms with Crippen LogP contribution >= 0.6 is 27.5 Å². The number of hydrogen-bond donors (Lipinski definition) is 2. The number of nitrogens with one attached hydrogen (secondary N) is 1. The number of benzene rings is 1. The zero-order chi connectivity index (χ0) is 13.0. The maximum Gasteiger partial charge on any atom is 0.140 e. The Morgan fingerprint density at radius 3 is 2.67 bits per heavy atom. The molecule has 94 valence electrons. The molecule has 5 heteroatoms. The van der Waals surface area contributed by atoms with Gasteiger partial charge in [0.05, 0.1) is 9.50 Å². The molecule has 3 N–H and O–H groups in total. The van der Waals surface area contributed by atoms with E-state index < -0.39 is 0 Å². The Morgan fingerprint density at radius 2 is 2.00 bits per heavy atom. The second-order valence-corrected chi connectivity index (χ2v) is 5.19. The van der Waals surface area contributed by atoms with Crippen LogP contribution in [0.4, 0.5) is 11.5 Å². The van der Waals surface area contributed by atoms with Gasteiger partial charge in [-0.3, -0.25) is 0 Å². The van der Waals surface area contributed by atoms with Crippen molar-refractivity contribution in [3.05, 3.63) is 51.6 Å². The lowest BCUT2D eigenvalue weighted by atomic mass is 10.1. The van der Waals surface area contributed by atoms with Gasteiger partial charge in [0, 0.05) is 18.4 Å². The number of rotatable bonds is 4. The van der Waals surface area contributed by atoms with E-state index in [0.717, 1.165) is 28.9 Å². The van der Waals surface area contributed by atoms with Crippen LogP contribution in [-0.4, -0.2) is 11.5 Å². The Bertz CT molecular complexity index is 528. The van der Waals surface area contributed by atoms with Gasteiger partial charge in [-0.05, 0) is 46.1 Å². The Labute approximate surface area is 119 Å². The molecule has 0 spiro atoms. The average Bonchev–Trinajstić information content (AvgIpc) is 2.34. The Kier molecular flexibility index (Phi) is 4.44. The number of aromatic nitrogens is 1. The summed E-state index contributed by atoms with van der Waals surface area (Å²) >= 11 is 9.25. The van der Waals surface area contributed by atoms with Crippen molar-refractivity contribution >= 4 is 39.0 Å². The summed E-state index contributed by atoms with van der Waals surface area (Å²) in [6.45, 7) is 0.803. The number of nitrogen functional groups attached to an aromatic ring is 1. The SMILES string of the molecule is Nc1ccc(CCNc2ncc(Cl)cc2Br)cc1. The smallest absolute Gasteiger partial charge is 0.140 e. The molecule has 0 unspecified atom stereocenters. The molecule has 0 amide bonds. The first-order valence-corrected chi connectivity index (χ1v) is 6.71. The van der Waals surface area contributed by atoms with Crippen molar-refractivity contribution < 1.29 is 0 Å². The lowest BCUT2D eigenvalue weighted by Gasteiger charge is -2.07. The Morgan fingerprint density at radius 1 is 1.28 bits per heavy atom. The van der Waals surface area contributed by atoms with Gasteiger partial charge in [0.1, 0.15) is 5.82 Å². The summed E-state index contributed by atoms with van der Waals surface area (Å²) in [4.78, 5) is 4.21. The van der Waals surface area contributed by atoms with Crippen LogP contribution in [0.3, 0.4) is 0 Å². The highest BCUT2D eigenvalue weighted by Gasteiger charge is 2.01. The monoisotopic (exact) mass is 325 g/mol. The molecule has 18 heavy (non-hydrogen) atoms. The molecular weight excluding hydrogens is 314 g/mol. The van der Waals surface area contributed by atoms with E-state index in [-0.39, 0.29) is 0 Å². The van der Waals surface area contributed by atoms with E-state index in [4.69, 9.17) is 17.3 Å². The van der Waals surface area contributed by atoms with Crippen molar-refractivity contribution in [1.82, 2.24) is 4.98 Å². The summed E-state index contributed by atoms with van der Waals surface area (Å²) in [5.41, 5.74) is 7.66. The van der Waals surface area contributed by atoms with Crippen LogP contribution in [-0.2, 0) is 6.42 Å². The minimum absolute atomic E-state index is 0.617. The highest BCUT2D eigenvalue weighted by Crippen LogP contribution is 2.22. The molecule has 0 saturated carbocycles. The molecule has 0 atom stereocenters. The van der Waals surface area contributed by atoms with Crippen molar-refractivity contribution in [2.24, 2.45) is 0 Å². The molecule has 0 aliphatic heterocycles. The molecule has 1 heterocycles. The predicted octanol–water partition coefficient (Wildman–Crippen LogP) is 3.73. The van der Waals surface area contributed by atoms with E-state index in [1.165, 1.54) is 5.56 Å². The second-order valence-electron chi connectivity index (χ2n) is 3.90. The van der Waals surface area contributed by atoms with Crippen LogP contribution in [0, 0.1) is 0 Å². The fourth-order valence-electron chi connectivity index (χ4n) is 1.55. The maximum atomic E-state index is 5.83. The minimum atomic E-state index is 0.617. The van der Waals surface area contributed by atoms with Crippen molar-refractivity contribution in [3.8, 4) is 0 Å². The maximum absolute atomic E-state index is 5.83. The van der Waals surface area contributed by atoms with Crippen molar-refractivity contribution in [3.63, 3.8) is 0 Å². The third-order valence-corrected chi connectivity index (χ3v) is 3.30. The van der Waals surface area contributed by atoms with Gasteiger partial charge >= 0.3 is 0 Å². The van der Waals surface area contributed by atoms with Crippen LogP contribution in [0.25, 0.3) is 0 Å². The van der Waals surface area contributed by atoms with Gasteiger partial charge in [-0.1, -0.05) is 23.7 Å². The van der Waals surface area contributed by atoms with Gasteiger partial charge in [-0.15, -0.1) is 0 Å². The van der Waals surface area contributed by atoms with Gasteiger partial charge in [-0.2, -0.15) is 0 Å². The van der Waals surface area contributed by atoms with Gasteiger partial charge < -0.3 is 11.1 Å². The molecule has 1 aromatic heterocycles. The molecule has 0 aliphatic rings. The zero-order valence-corrected chi connectivity index (χ0v) is 12.0. The fourth-order valence-corrected chi connectivity index (χ4v) is 2.33. The standard InChI is InChI=1S/C13H13BrClN3/c14-12-7-10(15)8-18-13(12)17-6-5-9-1-3-11(16)4-2-9/h1-4,7-8H,5-6,16H2,(H,17,18). The summed E-state index contributed by atoms with van der Waals surface area (Å²) in [5, 5.41) is 3.87. The largest absolute Gasteiger partial charge is 0.399 e. The van der Waals surface area contributed by atoms with E-state index in [0.29, 0.717) is 5.02 Å². The summed E-state index contributed by atoms with van der Waals surface area (Å²) in [6.07, 6.45) is 2.54. The van der Waals surface area contributed by atoms with Crippen LogP contribution in [0.15, 0.2) is 41.0 Å². The molecule has 0 radical (unpaired) electrons. The number of anilines is 2. The molecule has 2 rings (SSSR count). The van der Waals surface area contributed by atoms with E-state index >= 15 is 0 Å². The quantitative estimate of drug-likeness (QED) is 0.842. The first kappa shape index (κ1) is 13.2. The Hall–Kier alpha value is -1.26. The number of nitrogens with two attached hydrogens (primary N) is 1. The summed E-state index contributed by atoms with van der Waals surface area (Å²) in [7, 11) is 0. The molecule has 0 saturated heterocycles. The highest BCUT2D eigenvalue weighted by molar-refractivity contribution is 9.10. The van der Waals surface area contributed by atoms with Crippen LogP contribution in [0.1, 0.15) is 5.56 Å². The van der Waals surface area contributed by atoms with Crippen LogP contribution in [0.5, 0.6) is 0 Å². The van der Waals surface area contributed by atoms with E-state index in [2.05, 4.69) is 26.2 Å². The normalized spacial score (nSPS) is 10.3. The number of halogens is 2. The lowest BCUT2D eigenvalue weighted by molar-refractivity contribution is 1.00. The van der Waals surface area contributed by atoms with E-state index in [9.17, 15) is 0 Å². The van der Waals surface area contributed by atoms with Crippen LogP contribution in [0.2, 0.25) is 5.02 Å². The Balaban J connectivity index is 1.90. The second kappa shape index (κ2) is 6.07. The van der Waals surface area contributed by atoms with Gasteiger partial charge in [0.2, 0.25) is 0 Å². The molecule has 0 bridgehead atoms. The summed E-state index contributed by atoms with van der Waals surface area (Å²) in [5.74, 6) is 0.801. The van der Waals surface area contributed by atoms with Gasteiger partial charge in [0.25, 0.3) is 0 Å². The third-order valence-electron chi connectivity index (χ3n) is 2.49. The van der Waals surface area contributed by atoms with Gasteiger partial charge in [-0.25, -0.2) is 4.98 Å². The molecule has 1 aromatic carbocycles. The first-order valence-electron chi connectivity index (χ1n) is 5.54. The highest BCUT2D eigenvalue weighted by atomic mass is 79.9. The minimum Gasteiger partial charge on any atom is -0.399 e. The fraction of sp³-hybridized carbons (Fsp3) is 0.154. The molecule has 0 fully saturated rings. The molecule has 2 aromatic rings. The van der Waals surface area contributed by atoms with Crippen molar-refractivity contribution in [2.45, 2.75) is 6.42 Å². The third kappa shape index (κ3) is 3.62. The number of pyridine rings is 1. The van der Waals surface area contributed by atoms with E-state index in [1.807, 2.05) is 30.3 Å². The van der Waals surface area contributed by atoms with Crippen molar-refractivity contribution in [1.29, 1.82) is 0 Å². The van der Waals surface area contributed by atoms with E-state index in [1.54, 1.807) is 6.20 Å². The number of hydrogen-bond acceptors (Lipinski definition) is 3. The zero-order valence-electron chi connectivity index (χ0n) is 9.66. The van der Waals surface area contributed by atoms with Gasteiger partial charge in [0.15, 0.2) is 0 Å². The molecular formula is C13H13BrClN3. The predicted molar refractivity (Wildman–Crippen MR) is 80.0 cm³/mol. The number of nitrogens with zero attached hydrogens (tertiary/aromatic N) is 1. The molecule has 0 aliphatic carbocycles. The summed E-state index contributed by atoms with van der Waals surface area (Å²) < 4.78 is 0.868. The lowest BCUT2D eigenvalue weighted by Crippen LogP contribution is -2.06. The topological polar surface area (TPSA) is 50.9 Å². The first-order chi connectivity index (χ1) is 8.65.